The zero-order valence-corrected chi connectivity index (χ0v) is 15.1. The Morgan fingerprint density at radius 3 is 2.93 bits per heavy atom. The van der Waals surface area contributed by atoms with Gasteiger partial charge in [0.15, 0.2) is 0 Å². The molecule has 1 aliphatic heterocycles. The number of aromatic nitrogens is 4. The van der Waals surface area contributed by atoms with Crippen molar-refractivity contribution in [3.8, 4) is 11.3 Å². The summed E-state index contributed by atoms with van der Waals surface area (Å²) in [5.41, 5.74) is 2.93. The molecule has 1 aliphatic rings. The smallest absolute Gasteiger partial charge is 0.274 e. The van der Waals surface area contributed by atoms with Crippen molar-refractivity contribution >= 4 is 5.91 Å². The fourth-order valence-electron chi connectivity index (χ4n) is 3.30. The third-order valence-electron chi connectivity index (χ3n) is 4.74. The number of nitrogens with one attached hydrogen (secondary N) is 2. The summed E-state index contributed by atoms with van der Waals surface area (Å²) in [5.74, 6) is 0.517. The van der Waals surface area contributed by atoms with Crippen LogP contribution in [0.25, 0.3) is 11.3 Å². The van der Waals surface area contributed by atoms with E-state index in [1.165, 1.54) is 12.1 Å². The lowest BCUT2D eigenvalue weighted by molar-refractivity contribution is 0.0780. The van der Waals surface area contributed by atoms with Gasteiger partial charge in [-0.2, -0.15) is 5.10 Å². The van der Waals surface area contributed by atoms with Gasteiger partial charge in [0, 0.05) is 57.0 Å². The van der Waals surface area contributed by atoms with Gasteiger partial charge >= 0.3 is 0 Å². The first-order chi connectivity index (χ1) is 13.1. The van der Waals surface area contributed by atoms with E-state index in [1.54, 1.807) is 30.3 Å². The van der Waals surface area contributed by atoms with Gasteiger partial charge in [-0.1, -0.05) is 0 Å². The van der Waals surface area contributed by atoms with Crippen LogP contribution in [0.15, 0.2) is 36.7 Å². The van der Waals surface area contributed by atoms with Crippen LogP contribution in [-0.4, -0.2) is 50.7 Å². The number of aromatic amines is 1. The molecule has 0 radical (unpaired) electrons. The molecule has 0 unspecified atom stereocenters. The van der Waals surface area contributed by atoms with Gasteiger partial charge < -0.3 is 14.8 Å². The summed E-state index contributed by atoms with van der Waals surface area (Å²) in [5, 5.41) is 10.3. The highest BCUT2D eigenvalue weighted by Gasteiger charge is 2.20. The molecule has 0 saturated heterocycles. The van der Waals surface area contributed by atoms with Crippen molar-refractivity contribution < 1.29 is 9.18 Å². The lowest BCUT2D eigenvalue weighted by Gasteiger charge is -2.16. The van der Waals surface area contributed by atoms with Crippen LogP contribution >= 0.6 is 0 Å². The molecule has 1 amide bonds. The van der Waals surface area contributed by atoms with Crippen molar-refractivity contribution in [2.75, 3.05) is 20.1 Å². The van der Waals surface area contributed by atoms with Gasteiger partial charge in [-0.25, -0.2) is 9.37 Å². The molecule has 0 saturated carbocycles. The molecule has 8 heteroatoms. The topological polar surface area (TPSA) is 78.8 Å². The molecular weight excluding hydrogens is 347 g/mol. The molecule has 27 heavy (non-hydrogen) atoms. The number of carbonyl (C=O) groups excluding carboxylic acids is 1. The Balaban J connectivity index is 1.51. The monoisotopic (exact) mass is 368 g/mol. The second-order valence-corrected chi connectivity index (χ2v) is 6.67. The van der Waals surface area contributed by atoms with Crippen LogP contribution in [0.2, 0.25) is 0 Å². The molecule has 0 fully saturated rings. The second-order valence-electron chi connectivity index (χ2n) is 6.67. The zero-order chi connectivity index (χ0) is 18.8. The number of H-pyrrole nitrogens is 1. The number of carbonyl (C=O) groups is 1. The largest absolute Gasteiger partial charge is 0.336 e. The van der Waals surface area contributed by atoms with Crippen LogP contribution < -0.4 is 5.32 Å². The second kappa shape index (κ2) is 7.32. The third-order valence-corrected chi connectivity index (χ3v) is 4.74. The van der Waals surface area contributed by atoms with Gasteiger partial charge in [0.1, 0.15) is 17.3 Å². The highest BCUT2D eigenvalue weighted by molar-refractivity contribution is 5.92. The molecule has 3 aromatic rings. The average Bonchev–Trinajstić information content (AvgIpc) is 3.23. The number of amides is 1. The van der Waals surface area contributed by atoms with Crippen LogP contribution in [-0.2, 0) is 19.5 Å². The van der Waals surface area contributed by atoms with Gasteiger partial charge in [0.05, 0.1) is 11.9 Å². The first-order valence-electron chi connectivity index (χ1n) is 8.92. The molecule has 3 heterocycles. The Morgan fingerprint density at radius 1 is 1.30 bits per heavy atom. The van der Waals surface area contributed by atoms with Crippen molar-refractivity contribution in [3.63, 3.8) is 0 Å². The zero-order valence-electron chi connectivity index (χ0n) is 15.1. The molecule has 2 aromatic heterocycles. The van der Waals surface area contributed by atoms with Crippen molar-refractivity contribution in [1.29, 1.82) is 0 Å². The van der Waals surface area contributed by atoms with Gasteiger partial charge in [-0.3, -0.25) is 9.89 Å². The Labute approximate surface area is 156 Å². The van der Waals surface area contributed by atoms with Crippen LogP contribution in [0.3, 0.4) is 0 Å². The Bertz CT molecular complexity index is 922. The standard InChI is InChI=1S/C19H21FN6O/c1-25(19(27)16-12-26-9-8-21-7-6-17(26)23-16)11-14-10-22-24-18(14)13-2-4-15(20)5-3-13/h2-5,10,12,21H,6-9,11H2,1H3,(H,22,24). The summed E-state index contributed by atoms with van der Waals surface area (Å²) in [7, 11) is 1.75. The molecule has 2 N–H and O–H groups in total. The fourth-order valence-corrected chi connectivity index (χ4v) is 3.30. The molecule has 4 rings (SSSR count). The van der Waals surface area contributed by atoms with E-state index in [2.05, 4.69) is 20.5 Å². The van der Waals surface area contributed by atoms with Crippen molar-refractivity contribution in [2.45, 2.75) is 19.5 Å². The molecule has 140 valence electrons. The summed E-state index contributed by atoms with van der Waals surface area (Å²) in [6, 6.07) is 6.19. The highest BCUT2D eigenvalue weighted by atomic mass is 19.1. The predicted octanol–water partition coefficient (Wildman–Crippen LogP) is 1.83. The number of rotatable bonds is 4. The fraction of sp³-hybridized carbons (Fsp3) is 0.316. The minimum Gasteiger partial charge on any atom is -0.336 e. The molecule has 0 atom stereocenters. The minimum absolute atomic E-state index is 0.130. The minimum atomic E-state index is -0.290. The first kappa shape index (κ1) is 17.4. The van der Waals surface area contributed by atoms with E-state index in [0.29, 0.717) is 12.2 Å². The Kier molecular flexibility index (Phi) is 4.72. The highest BCUT2D eigenvalue weighted by Crippen LogP contribution is 2.23. The summed E-state index contributed by atoms with van der Waals surface area (Å²) in [6.45, 7) is 2.95. The maximum atomic E-state index is 13.2. The lowest BCUT2D eigenvalue weighted by Crippen LogP contribution is -2.26. The van der Waals surface area contributed by atoms with Crippen LogP contribution in [0, 0.1) is 5.82 Å². The van der Waals surface area contributed by atoms with Crippen molar-refractivity contribution in [3.05, 3.63) is 59.6 Å². The number of fused-ring (bicyclic) bond motifs is 1. The van der Waals surface area contributed by atoms with Crippen LogP contribution in [0.4, 0.5) is 4.39 Å². The van der Waals surface area contributed by atoms with E-state index in [0.717, 1.165) is 48.7 Å². The number of hydrogen-bond donors (Lipinski definition) is 2. The van der Waals surface area contributed by atoms with Gasteiger partial charge in [0.25, 0.3) is 5.91 Å². The maximum absolute atomic E-state index is 13.2. The molecular formula is C19H21FN6O. The first-order valence-corrected chi connectivity index (χ1v) is 8.92. The number of benzene rings is 1. The van der Waals surface area contributed by atoms with Crippen molar-refractivity contribution in [2.24, 2.45) is 0 Å². The van der Waals surface area contributed by atoms with E-state index in [-0.39, 0.29) is 11.7 Å². The molecule has 0 bridgehead atoms. The van der Waals surface area contributed by atoms with Gasteiger partial charge in [-0.05, 0) is 24.3 Å². The Hall–Kier alpha value is -3.00. The average molecular weight is 368 g/mol. The molecule has 7 nitrogen and oxygen atoms in total. The maximum Gasteiger partial charge on any atom is 0.274 e. The quantitative estimate of drug-likeness (QED) is 0.736. The van der Waals surface area contributed by atoms with E-state index >= 15 is 0 Å². The number of imidazole rings is 1. The molecule has 0 spiro atoms. The summed E-state index contributed by atoms with van der Waals surface area (Å²) >= 11 is 0. The summed E-state index contributed by atoms with van der Waals surface area (Å²) in [6.07, 6.45) is 4.33. The Morgan fingerprint density at radius 2 is 2.11 bits per heavy atom. The van der Waals surface area contributed by atoms with Crippen LogP contribution in [0.5, 0.6) is 0 Å². The van der Waals surface area contributed by atoms with E-state index in [4.69, 9.17) is 0 Å². The van der Waals surface area contributed by atoms with Crippen molar-refractivity contribution in [1.82, 2.24) is 30.0 Å². The number of nitrogens with zero attached hydrogens (tertiary/aromatic N) is 4. The van der Waals surface area contributed by atoms with E-state index < -0.39 is 0 Å². The van der Waals surface area contributed by atoms with Crippen LogP contribution in [0.1, 0.15) is 21.9 Å². The SMILES string of the molecule is CN(Cc1cn[nH]c1-c1ccc(F)cc1)C(=O)c1cn2c(n1)CCNCC2. The van der Waals surface area contributed by atoms with Gasteiger partial charge in [0.2, 0.25) is 0 Å². The lowest BCUT2D eigenvalue weighted by atomic mass is 10.1. The summed E-state index contributed by atoms with van der Waals surface area (Å²) in [4.78, 5) is 19.0. The number of hydrogen-bond acceptors (Lipinski definition) is 4. The molecule has 0 aliphatic carbocycles. The predicted molar refractivity (Wildman–Crippen MR) is 98.6 cm³/mol. The van der Waals surface area contributed by atoms with E-state index in [1.807, 2.05) is 10.8 Å². The molecule has 1 aromatic carbocycles. The van der Waals surface area contributed by atoms with E-state index in [9.17, 15) is 9.18 Å². The normalized spacial score (nSPS) is 13.9. The summed E-state index contributed by atoms with van der Waals surface area (Å²) < 4.78 is 15.2. The van der Waals surface area contributed by atoms with Gasteiger partial charge in [-0.15, -0.1) is 0 Å². The third kappa shape index (κ3) is 3.61. The number of halogens is 1.